The fraction of sp³-hybridized carbons (Fsp3) is 0.300. The van der Waals surface area contributed by atoms with Crippen LogP contribution in [0.25, 0.3) is 0 Å². The van der Waals surface area contributed by atoms with E-state index in [1.54, 1.807) is 23.6 Å². The number of hydrogen-bond acceptors (Lipinski definition) is 4. The molecule has 1 saturated heterocycles. The van der Waals surface area contributed by atoms with E-state index in [0.29, 0.717) is 18.8 Å². The highest BCUT2D eigenvalue weighted by atomic mass is 32.2. The SMILES string of the molecule is CCOC(=O)[C@H](Cc1ccccc1)N1C(=O)CSC1c1ccccc1. The molecule has 3 rings (SSSR count). The van der Waals surface area contributed by atoms with E-state index in [-0.39, 0.29) is 17.3 Å². The van der Waals surface area contributed by atoms with Crippen molar-refractivity contribution in [1.82, 2.24) is 4.90 Å². The molecule has 1 unspecified atom stereocenters. The fourth-order valence-corrected chi connectivity index (χ4v) is 4.24. The van der Waals surface area contributed by atoms with Crippen LogP contribution >= 0.6 is 11.8 Å². The van der Waals surface area contributed by atoms with Crippen molar-refractivity contribution in [3.8, 4) is 0 Å². The van der Waals surface area contributed by atoms with Crippen molar-refractivity contribution in [3.05, 3.63) is 71.8 Å². The lowest BCUT2D eigenvalue weighted by molar-refractivity contribution is -0.154. The highest BCUT2D eigenvalue weighted by Crippen LogP contribution is 2.40. The van der Waals surface area contributed by atoms with Crippen LogP contribution in [-0.2, 0) is 20.7 Å². The molecule has 5 heteroatoms. The fourth-order valence-electron chi connectivity index (χ4n) is 3.02. The van der Waals surface area contributed by atoms with Crippen molar-refractivity contribution in [2.75, 3.05) is 12.4 Å². The summed E-state index contributed by atoms with van der Waals surface area (Å²) >= 11 is 1.55. The quantitative estimate of drug-likeness (QED) is 0.745. The molecule has 2 atom stereocenters. The van der Waals surface area contributed by atoms with E-state index in [9.17, 15) is 9.59 Å². The van der Waals surface area contributed by atoms with Crippen LogP contribution in [0.3, 0.4) is 0 Å². The molecule has 1 amide bonds. The number of rotatable bonds is 6. The Morgan fingerprint density at radius 2 is 1.80 bits per heavy atom. The first kappa shape index (κ1) is 17.5. The summed E-state index contributed by atoms with van der Waals surface area (Å²) < 4.78 is 5.28. The van der Waals surface area contributed by atoms with E-state index in [1.165, 1.54) is 0 Å². The van der Waals surface area contributed by atoms with Gasteiger partial charge in [-0.25, -0.2) is 4.79 Å². The van der Waals surface area contributed by atoms with Crippen molar-refractivity contribution in [2.45, 2.75) is 24.8 Å². The van der Waals surface area contributed by atoms with E-state index in [1.807, 2.05) is 60.7 Å². The summed E-state index contributed by atoms with van der Waals surface area (Å²) in [5.74, 6) is 0.0144. The largest absolute Gasteiger partial charge is 0.464 e. The van der Waals surface area contributed by atoms with Gasteiger partial charge in [-0.05, 0) is 18.1 Å². The van der Waals surface area contributed by atoms with Crippen molar-refractivity contribution >= 4 is 23.6 Å². The summed E-state index contributed by atoms with van der Waals surface area (Å²) in [4.78, 5) is 26.9. The maximum absolute atomic E-state index is 12.6. The number of esters is 1. The van der Waals surface area contributed by atoms with Gasteiger partial charge in [-0.1, -0.05) is 60.7 Å². The second kappa shape index (κ2) is 8.21. The van der Waals surface area contributed by atoms with Crippen LogP contribution in [0.4, 0.5) is 0 Å². The molecule has 130 valence electrons. The first-order valence-electron chi connectivity index (χ1n) is 8.39. The van der Waals surface area contributed by atoms with Gasteiger partial charge in [0.15, 0.2) is 0 Å². The molecule has 0 spiro atoms. The lowest BCUT2D eigenvalue weighted by atomic mass is 10.0. The highest BCUT2D eigenvalue weighted by molar-refractivity contribution is 8.00. The second-order valence-electron chi connectivity index (χ2n) is 5.83. The van der Waals surface area contributed by atoms with Crippen LogP contribution in [0.15, 0.2) is 60.7 Å². The lowest BCUT2D eigenvalue weighted by Gasteiger charge is -2.31. The third-order valence-corrected chi connectivity index (χ3v) is 5.39. The molecule has 1 aliphatic heterocycles. The number of ether oxygens (including phenoxy) is 1. The number of carbonyl (C=O) groups excluding carboxylic acids is 2. The zero-order chi connectivity index (χ0) is 17.6. The molecular weight excluding hydrogens is 334 g/mol. The number of carbonyl (C=O) groups is 2. The monoisotopic (exact) mass is 355 g/mol. The van der Waals surface area contributed by atoms with Gasteiger partial charge in [0.05, 0.1) is 12.4 Å². The van der Waals surface area contributed by atoms with E-state index in [0.717, 1.165) is 11.1 Å². The Balaban J connectivity index is 1.92. The summed E-state index contributed by atoms with van der Waals surface area (Å²) in [6.45, 7) is 2.09. The van der Waals surface area contributed by atoms with Gasteiger partial charge < -0.3 is 9.64 Å². The van der Waals surface area contributed by atoms with Gasteiger partial charge in [0.2, 0.25) is 5.91 Å². The van der Waals surface area contributed by atoms with Crippen molar-refractivity contribution in [2.24, 2.45) is 0 Å². The number of amides is 1. The van der Waals surface area contributed by atoms with Crippen molar-refractivity contribution in [1.29, 1.82) is 0 Å². The molecule has 0 radical (unpaired) electrons. The molecule has 25 heavy (non-hydrogen) atoms. The maximum atomic E-state index is 12.6. The summed E-state index contributed by atoms with van der Waals surface area (Å²) in [7, 11) is 0. The van der Waals surface area contributed by atoms with Gasteiger partial charge in [-0.15, -0.1) is 11.8 Å². The molecule has 0 aliphatic carbocycles. The molecule has 2 aromatic rings. The molecule has 0 aromatic heterocycles. The average Bonchev–Trinajstić information content (AvgIpc) is 3.03. The number of hydrogen-bond donors (Lipinski definition) is 0. The van der Waals surface area contributed by atoms with Crippen LogP contribution < -0.4 is 0 Å². The van der Waals surface area contributed by atoms with Crippen molar-refractivity contribution < 1.29 is 14.3 Å². The van der Waals surface area contributed by atoms with E-state index >= 15 is 0 Å². The van der Waals surface area contributed by atoms with Gasteiger partial charge in [0.25, 0.3) is 0 Å². The molecule has 2 aromatic carbocycles. The molecular formula is C20H21NO3S. The van der Waals surface area contributed by atoms with Gasteiger partial charge in [0.1, 0.15) is 11.4 Å². The Labute approximate surface area is 152 Å². The highest BCUT2D eigenvalue weighted by Gasteiger charge is 2.41. The maximum Gasteiger partial charge on any atom is 0.329 e. The Morgan fingerprint density at radius 3 is 2.44 bits per heavy atom. The predicted molar refractivity (Wildman–Crippen MR) is 99.1 cm³/mol. The Kier molecular flexibility index (Phi) is 5.76. The minimum Gasteiger partial charge on any atom is -0.464 e. The lowest BCUT2D eigenvalue weighted by Crippen LogP contribution is -2.45. The van der Waals surface area contributed by atoms with Crippen LogP contribution in [0.5, 0.6) is 0 Å². The molecule has 0 N–H and O–H groups in total. The van der Waals surface area contributed by atoms with Crippen LogP contribution in [-0.4, -0.2) is 35.2 Å². The molecule has 1 heterocycles. The minimum atomic E-state index is -0.616. The summed E-state index contributed by atoms with van der Waals surface area (Å²) in [5.41, 5.74) is 2.04. The topological polar surface area (TPSA) is 46.6 Å². The molecule has 1 aliphatic rings. The Morgan fingerprint density at radius 1 is 1.16 bits per heavy atom. The normalized spacial score (nSPS) is 18.2. The van der Waals surface area contributed by atoms with Crippen LogP contribution in [0.2, 0.25) is 0 Å². The van der Waals surface area contributed by atoms with E-state index in [2.05, 4.69) is 0 Å². The van der Waals surface area contributed by atoms with Crippen LogP contribution in [0, 0.1) is 0 Å². The standard InChI is InChI=1S/C20H21NO3S/c1-2-24-20(23)17(13-15-9-5-3-6-10-15)21-18(22)14-25-19(21)16-11-7-4-8-12-16/h3-12,17,19H,2,13-14H2,1H3/t17-,19?/m0/s1. The Bertz CT molecular complexity index is 720. The zero-order valence-corrected chi connectivity index (χ0v) is 14.9. The second-order valence-corrected chi connectivity index (χ2v) is 6.90. The van der Waals surface area contributed by atoms with Gasteiger partial charge in [-0.3, -0.25) is 4.79 Å². The third kappa shape index (κ3) is 4.04. The summed E-state index contributed by atoms with van der Waals surface area (Å²) in [5, 5.41) is -0.160. The first-order chi connectivity index (χ1) is 12.2. The Hall–Kier alpha value is -2.27. The number of nitrogens with zero attached hydrogens (tertiary/aromatic N) is 1. The molecule has 1 fully saturated rings. The first-order valence-corrected chi connectivity index (χ1v) is 9.44. The van der Waals surface area contributed by atoms with E-state index in [4.69, 9.17) is 4.74 Å². The van der Waals surface area contributed by atoms with Crippen molar-refractivity contribution in [3.63, 3.8) is 0 Å². The minimum absolute atomic E-state index is 0.0205. The van der Waals surface area contributed by atoms with Gasteiger partial charge in [-0.2, -0.15) is 0 Å². The van der Waals surface area contributed by atoms with E-state index < -0.39 is 6.04 Å². The summed E-state index contributed by atoms with van der Waals surface area (Å²) in [6, 6.07) is 19.0. The third-order valence-electron chi connectivity index (χ3n) is 4.16. The van der Waals surface area contributed by atoms with Gasteiger partial charge >= 0.3 is 5.97 Å². The molecule has 4 nitrogen and oxygen atoms in total. The van der Waals surface area contributed by atoms with Gasteiger partial charge in [0, 0.05) is 6.42 Å². The predicted octanol–water partition coefficient (Wildman–Crippen LogP) is 3.44. The molecule has 0 bridgehead atoms. The molecule has 0 saturated carbocycles. The number of thioether (sulfide) groups is 1. The smallest absolute Gasteiger partial charge is 0.329 e. The van der Waals surface area contributed by atoms with Crippen LogP contribution in [0.1, 0.15) is 23.4 Å². The zero-order valence-electron chi connectivity index (χ0n) is 14.1. The summed E-state index contributed by atoms with van der Waals surface area (Å²) in [6.07, 6.45) is 0.454. The average molecular weight is 355 g/mol. The number of benzene rings is 2.